The van der Waals surface area contributed by atoms with Crippen LogP contribution >= 0.6 is 0 Å². The van der Waals surface area contributed by atoms with Gasteiger partial charge < -0.3 is 10.0 Å². The van der Waals surface area contributed by atoms with Gasteiger partial charge in [-0.15, -0.1) is 0 Å². The number of aliphatic hydroxyl groups excluding tert-OH is 1. The Bertz CT molecular complexity index is 280. The maximum Gasteiger partial charge on any atom is 0.225 e. The summed E-state index contributed by atoms with van der Waals surface area (Å²) in [5.41, 5.74) is 0. The number of likely N-dealkylation sites (tertiary alicyclic amines) is 1. The van der Waals surface area contributed by atoms with Gasteiger partial charge in [-0.2, -0.15) is 0 Å². The fourth-order valence-corrected chi connectivity index (χ4v) is 2.60. The van der Waals surface area contributed by atoms with Crippen LogP contribution in [0.15, 0.2) is 0 Å². The zero-order valence-corrected chi connectivity index (χ0v) is 9.52. The van der Waals surface area contributed by atoms with E-state index >= 15 is 0 Å². The summed E-state index contributed by atoms with van der Waals surface area (Å²) >= 11 is 0. The fraction of sp³-hybridized carbons (Fsp3) is 0.833. The highest BCUT2D eigenvalue weighted by Gasteiger charge is 2.30. The third kappa shape index (κ3) is 2.61. The molecule has 0 aromatic carbocycles. The van der Waals surface area contributed by atoms with Crippen LogP contribution in [0.5, 0.6) is 0 Å². The van der Waals surface area contributed by atoms with E-state index in [4.69, 9.17) is 0 Å². The largest absolute Gasteiger partial charge is 0.391 e. The molecule has 1 N–H and O–H groups in total. The van der Waals surface area contributed by atoms with Crippen molar-refractivity contribution in [3.8, 4) is 0 Å². The summed E-state index contributed by atoms with van der Waals surface area (Å²) in [5, 5.41) is 9.52. The van der Waals surface area contributed by atoms with E-state index in [1.165, 1.54) is 0 Å². The summed E-state index contributed by atoms with van der Waals surface area (Å²) < 4.78 is 0. The van der Waals surface area contributed by atoms with Crippen LogP contribution in [-0.4, -0.2) is 40.9 Å². The predicted molar refractivity (Wildman–Crippen MR) is 58.8 cm³/mol. The summed E-state index contributed by atoms with van der Waals surface area (Å²) in [5.74, 6) is 0.442. The first-order chi connectivity index (χ1) is 7.66. The van der Waals surface area contributed by atoms with Crippen molar-refractivity contribution in [1.82, 2.24) is 4.90 Å². The van der Waals surface area contributed by atoms with Crippen molar-refractivity contribution in [3.63, 3.8) is 0 Å². The highest BCUT2D eigenvalue weighted by Crippen LogP contribution is 2.24. The van der Waals surface area contributed by atoms with Crippen LogP contribution < -0.4 is 0 Å². The first-order valence-electron chi connectivity index (χ1n) is 6.15. The van der Waals surface area contributed by atoms with Crippen molar-refractivity contribution < 1.29 is 14.7 Å². The molecule has 1 amide bonds. The smallest absolute Gasteiger partial charge is 0.225 e. The van der Waals surface area contributed by atoms with Gasteiger partial charge in [0.2, 0.25) is 5.91 Å². The highest BCUT2D eigenvalue weighted by molar-refractivity contribution is 5.84. The van der Waals surface area contributed by atoms with Gasteiger partial charge in [0.1, 0.15) is 5.78 Å². The monoisotopic (exact) mass is 225 g/mol. The van der Waals surface area contributed by atoms with E-state index in [-0.39, 0.29) is 23.7 Å². The molecule has 4 heteroatoms. The Morgan fingerprint density at radius 2 is 1.94 bits per heavy atom. The van der Waals surface area contributed by atoms with E-state index in [2.05, 4.69) is 0 Å². The van der Waals surface area contributed by atoms with Gasteiger partial charge in [0.15, 0.2) is 0 Å². The standard InChI is InChI=1S/C12H19NO3/c14-10-5-3-9(4-6-10)12(16)13-7-1-2-11(15)8-13/h9,11,15H,1-8H2. The molecular formula is C12H19NO3. The molecule has 4 nitrogen and oxygen atoms in total. The molecule has 0 aromatic rings. The minimum Gasteiger partial charge on any atom is -0.391 e. The summed E-state index contributed by atoms with van der Waals surface area (Å²) in [6.07, 6.45) is 3.82. The molecule has 2 fully saturated rings. The number of Topliss-reactive ketones (excluding diaryl/α,β-unsaturated/α-hetero) is 1. The van der Waals surface area contributed by atoms with Gasteiger partial charge in [-0.25, -0.2) is 0 Å². The Balaban J connectivity index is 1.89. The lowest BCUT2D eigenvalue weighted by molar-refractivity contribution is -0.140. The molecule has 1 heterocycles. The molecule has 16 heavy (non-hydrogen) atoms. The van der Waals surface area contributed by atoms with Crippen molar-refractivity contribution in [2.75, 3.05) is 13.1 Å². The van der Waals surface area contributed by atoms with E-state index in [1.807, 2.05) is 0 Å². The molecule has 1 aliphatic carbocycles. The molecule has 0 bridgehead atoms. The van der Waals surface area contributed by atoms with Gasteiger partial charge in [-0.05, 0) is 25.7 Å². The number of hydrogen-bond acceptors (Lipinski definition) is 3. The van der Waals surface area contributed by atoms with Crippen molar-refractivity contribution in [2.24, 2.45) is 5.92 Å². The van der Waals surface area contributed by atoms with Gasteiger partial charge in [0.05, 0.1) is 6.10 Å². The number of aliphatic hydroxyl groups is 1. The van der Waals surface area contributed by atoms with Crippen LogP contribution in [0.4, 0.5) is 0 Å². The number of amides is 1. The molecule has 90 valence electrons. The summed E-state index contributed by atoms with van der Waals surface area (Å²) in [7, 11) is 0. The van der Waals surface area contributed by atoms with Gasteiger partial charge >= 0.3 is 0 Å². The lowest BCUT2D eigenvalue weighted by Gasteiger charge is -2.33. The number of rotatable bonds is 1. The number of piperidine rings is 1. The van der Waals surface area contributed by atoms with E-state index in [1.54, 1.807) is 4.90 Å². The van der Waals surface area contributed by atoms with Crippen LogP contribution in [0.1, 0.15) is 38.5 Å². The van der Waals surface area contributed by atoms with Gasteiger partial charge in [0.25, 0.3) is 0 Å². The second-order valence-electron chi connectivity index (χ2n) is 4.89. The Morgan fingerprint density at radius 1 is 1.25 bits per heavy atom. The summed E-state index contributed by atoms with van der Waals surface area (Å²) in [6.45, 7) is 1.24. The molecule has 1 saturated heterocycles. The number of hydrogen-bond donors (Lipinski definition) is 1. The van der Waals surface area contributed by atoms with Crippen LogP contribution in [0, 0.1) is 5.92 Å². The van der Waals surface area contributed by atoms with E-state index in [0.29, 0.717) is 32.2 Å². The van der Waals surface area contributed by atoms with Crippen molar-refractivity contribution in [2.45, 2.75) is 44.6 Å². The average Bonchev–Trinajstić information content (AvgIpc) is 2.29. The zero-order valence-electron chi connectivity index (χ0n) is 9.52. The zero-order chi connectivity index (χ0) is 11.5. The normalized spacial score (nSPS) is 28.2. The molecule has 2 aliphatic rings. The number of β-amino-alcohol motifs (C(OH)–C–C–N with tert-alkyl or cyclic N) is 1. The maximum absolute atomic E-state index is 12.1. The second kappa shape index (κ2) is 4.95. The predicted octanol–water partition coefficient (Wildman–Crippen LogP) is 0.729. The molecule has 1 atom stereocenters. The first kappa shape index (κ1) is 11.6. The first-order valence-corrected chi connectivity index (χ1v) is 6.15. The lowest BCUT2D eigenvalue weighted by Crippen LogP contribution is -2.45. The van der Waals surface area contributed by atoms with Crippen LogP contribution in [0.25, 0.3) is 0 Å². The third-order valence-corrected chi connectivity index (χ3v) is 3.60. The lowest BCUT2D eigenvalue weighted by atomic mass is 9.87. The van der Waals surface area contributed by atoms with Crippen molar-refractivity contribution >= 4 is 11.7 Å². The summed E-state index contributed by atoms with van der Waals surface area (Å²) in [4.78, 5) is 25.0. The molecule has 1 unspecified atom stereocenters. The minimum atomic E-state index is -0.358. The maximum atomic E-state index is 12.1. The molecule has 0 spiro atoms. The number of ketones is 1. The second-order valence-corrected chi connectivity index (χ2v) is 4.89. The van der Waals surface area contributed by atoms with Gasteiger partial charge in [-0.3, -0.25) is 9.59 Å². The highest BCUT2D eigenvalue weighted by atomic mass is 16.3. The van der Waals surface area contributed by atoms with Gasteiger partial charge in [-0.1, -0.05) is 0 Å². The Hall–Kier alpha value is -0.900. The Kier molecular flexibility index (Phi) is 3.59. The molecule has 1 saturated carbocycles. The van der Waals surface area contributed by atoms with E-state index in [9.17, 15) is 14.7 Å². The Labute approximate surface area is 95.6 Å². The quantitative estimate of drug-likeness (QED) is 0.715. The molecule has 2 rings (SSSR count). The number of carbonyl (C=O) groups is 2. The number of carbonyl (C=O) groups excluding carboxylic acids is 2. The fourth-order valence-electron chi connectivity index (χ4n) is 2.60. The third-order valence-electron chi connectivity index (χ3n) is 3.60. The Morgan fingerprint density at radius 3 is 2.56 bits per heavy atom. The SMILES string of the molecule is O=C1CCC(C(=O)N2CCCC(O)C2)CC1. The van der Waals surface area contributed by atoms with Crippen LogP contribution in [0.2, 0.25) is 0 Å². The van der Waals surface area contributed by atoms with Crippen molar-refractivity contribution in [1.29, 1.82) is 0 Å². The van der Waals surface area contributed by atoms with Crippen LogP contribution in [0.3, 0.4) is 0 Å². The number of nitrogens with zero attached hydrogens (tertiary/aromatic N) is 1. The summed E-state index contributed by atoms with van der Waals surface area (Å²) in [6, 6.07) is 0. The minimum absolute atomic E-state index is 0.0167. The van der Waals surface area contributed by atoms with E-state index in [0.717, 1.165) is 19.4 Å². The average molecular weight is 225 g/mol. The van der Waals surface area contributed by atoms with Crippen molar-refractivity contribution in [3.05, 3.63) is 0 Å². The molecule has 1 aliphatic heterocycles. The molecular weight excluding hydrogens is 206 g/mol. The molecule has 0 aromatic heterocycles. The van der Waals surface area contributed by atoms with E-state index < -0.39 is 0 Å². The molecule has 0 radical (unpaired) electrons. The van der Waals surface area contributed by atoms with Crippen LogP contribution in [-0.2, 0) is 9.59 Å². The topological polar surface area (TPSA) is 57.6 Å². The van der Waals surface area contributed by atoms with Gasteiger partial charge in [0, 0.05) is 31.8 Å².